The van der Waals surface area contributed by atoms with Gasteiger partial charge in [-0.1, -0.05) is 48.1 Å². The van der Waals surface area contributed by atoms with E-state index in [1.807, 2.05) is 24.3 Å². The molecule has 1 N–H and O–H groups in total. The average Bonchev–Trinajstić information content (AvgIpc) is 2.71. The summed E-state index contributed by atoms with van der Waals surface area (Å²) in [5, 5.41) is 9.90. The Morgan fingerprint density at radius 3 is 2.57 bits per heavy atom. The van der Waals surface area contributed by atoms with Crippen LogP contribution in [0.5, 0.6) is 11.5 Å². The van der Waals surface area contributed by atoms with Crippen LogP contribution >= 0.6 is 0 Å². The summed E-state index contributed by atoms with van der Waals surface area (Å²) in [6.45, 7) is 6.24. The number of methoxy groups -OCH3 is 1. The van der Waals surface area contributed by atoms with Crippen LogP contribution in [0, 0.1) is 0 Å². The summed E-state index contributed by atoms with van der Waals surface area (Å²) in [5.74, 6) is 0.0383. The number of carbonyl (C=O) groups is 1. The zero-order valence-corrected chi connectivity index (χ0v) is 18.2. The Morgan fingerprint density at radius 1 is 1.20 bits per heavy atom. The molecule has 0 saturated carbocycles. The lowest BCUT2D eigenvalue weighted by Crippen LogP contribution is -2.32. The molecule has 30 heavy (non-hydrogen) atoms. The minimum absolute atomic E-state index is 0.216. The fourth-order valence-corrected chi connectivity index (χ4v) is 3.86. The van der Waals surface area contributed by atoms with Gasteiger partial charge in [0.1, 0.15) is 22.7 Å². The molecule has 1 unspecified atom stereocenters. The monoisotopic (exact) mass is 406 g/mol. The van der Waals surface area contributed by atoms with Crippen molar-refractivity contribution in [1.29, 1.82) is 0 Å². The first-order chi connectivity index (χ1) is 14.3. The van der Waals surface area contributed by atoms with Crippen molar-refractivity contribution in [2.45, 2.75) is 52.1 Å². The van der Waals surface area contributed by atoms with Gasteiger partial charge in [0.15, 0.2) is 0 Å². The minimum Gasteiger partial charge on any atom is -0.496 e. The van der Waals surface area contributed by atoms with Crippen LogP contribution < -0.4 is 9.47 Å². The third-order valence-corrected chi connectivity index (χ3v) is 5.48. The lowest BCUT2D eigenvalue weighted by molar-refractivity contribution is 0.0691. The summed E-state index contributed by atoms with van der Waals surface area (Å²) in [7, 11) is 1.50. The molecule has 158 valence electrons. The highest BCUT2D eigenvalue weighted by Crippen LogP contribution is 2.41. The quantitative estimate of drug-likeness (QED) is 0.539. The number of allylic oxidation sites excluding steroid dienone is 2. The molecule has 0 spiro atoms. The topological polar surface area (TPSA) is 55.8 Å². The summed E-state index contributed by atoms with van der Waals surface area (Å²) in [6.07, 6.45) is 9.38. The van der Waals surface area contributed by atoms with E-state index in [2.05, 4.69) is 45.1 Å². The van der Waals surface area contributed by atoms with Crippen LogP contribution in [0.3, 0.4) is 0 Å². The van der Waals surface area contributed by atoms with Crippen molar-refractivity contribution >= 4 is 12.0 Å². The summed E-state index contributed by atoms with van der Waals surface area (Å²) >= 11 is 0. The zero-order chi connectivity index (χ0) is 21.7. The van der Waals surface area contributed by atoms with Gasteiger partial charge in [-0.05, 0) is 63.7 Å². The first-order valence-corrected chi connectivity index (χ1v) is 10.4. The smallest absolute Gasteiger partial charge is 0.339 e. The molecule has 2 aromatic carbocycles. The number of ether oxygens (including phenoxy) is 2. The van der Waals surface area contributed by atoms with Gasteiger partial charge in [-0.3, -0.25) is 0 Å². The van der Waals surface area contributed by atoms with Crippen molar-refractivity contribution in [2.24, 2.45) is 0 Å². The summed E-state index contributed by atoms with van der Waals surface area (Å²) in [5.41, 5.74) is 3.82. The number of hydrogen-bond acceptors (Lipinski definition) is 3. The van der Waals surface area contributed by atoms with Gasteiger partial charge in [0.25, 0.3) is 0 Å². The Bertz CT molecular complexity index is 968. The van der Waals surface area contributed by atoms with Gasteiger partial charge in [-0.25, -0.2) is 4.79 Å². The van der Waals surface area contributed by atoms with Gasteiger partial charge in [0, 0.05) is 11.6 Å². The van der Waals surface area contributed by atoms with Gasteiger partial charge in [0.2, 0.25) is 0 Å². The second-order valence-corrected chi connectivity index (χ2v) is 8.20. The largest absolute Gasteiger partial charge is 0.496 e. The van der Waals surface area contributed by atoms with E-state index in [-0.39, 0.29) is 5.56 Å². The zero-order valence-electron chi connectivity index (χ0n) is 18.2. The Balaban J connectivity index is 1.98. The van der Waals surface area contributed by atoms with Gasteiger partial charge in [-0.2, -0.15) is 0 Å². The average molecular weight is 407 g/mol. The van der Waals surface area contributed by atoms with E-state index >= 15 is 0 Å². The van der Waals surface area contributed by atoms with Crippen LogP contribution in [-0.4, -0.2) is 23.8 Å². The highest BCUT2D eigenvalue weighted by molar-refractivity contribution is 5.95. The maximum absolute atomic E-state index is 12.1. The van der Waals surface area contributed by atoms with Gasteiger partial charge in [0.05, 0.1) is 7.11 Å². The maximum Gasteiger partial charge on any atom is 0.339 e. The molecule has 0 aromatic heterocycles. The number of fused-ring (bicyclic) bond motifs is 1. The number of aromatic carboxylic acids is 1. The molecule has 2 aromatic rings. The molecule has 0 fully saturated rings. The highest BCUT2D eigenvalue weighted by atomic mass is 16.5. The molecule has 4 nitrogen and oxygen atoms in total. The van der Waals surface area contributed by atoms with Crippen molar-refractivity contribution in [2.75, 3.05) is 7.11 Å². The maximum atomic E-state index is 12.1. The van der Waals surface area contributed by atoms with Crippen molar-refractivity contribution in [3.8, 4) is 11.5 Å². The van der Waals surface area contributed by atoms with E-state index in [9.17, 15) is 9.90 Å². The Labute approximate surface area is 178 Å². The molecular weight excluding hydrogens is 376 g/mol. The second kappa shape index (κ2) is 9.21. The summed E-state index contributed by atoms with van der Waals surface area (Å²) in [4.78, 5) is 12.1. The van der Waals surface area contributed by atoms with Gasteiger partial charge < -0.3 is 14.6 Å². The molecule has 4 heteroatoms. The van der Waals surface area contributed by atoms with E-state index < -0.39 is 11.6 Å². The summed E-state index contributed by atoms with van der Waals surface area (Å²) in [6, 6.07) is 11.8. The molecule has 3 rings (SSSR count). The third kappa shape index (κ3) is 4.93. The third-order valence-electron chi connectivity index (χ3n) is 5.48. The normalized spacial score (nSPS) is 17.1. The van der Waals surface area contributed by atoms with Crippen molar-refractivity contribution in [3.05, 3.63) is 76.4 Å². The first-order valence-electron chi connectivity index (χ1n) is 10.4. The van der Waals surface area contributed by atoms with E-state index in [0.717, 1.165) is 36.0 Å². The van der Waals surface area contributed by atoms with Crippen LogP contribution in [0.15, 0.2) is 54.1 Å². The SMILES string of the molecule is COc1cc2c(c(CCc3ccccc3)c1C(=O)O)C=CC(C)(CCC=C(C)C)O2. The minimum atomic E-state index is -0.983. The van der Waals surface area contributed by atoms with Crippen LogP contribution in [-0.2, 0) is 12.8 Å². The first kappa shape index (κ1) is 21.7. The number of rotatable bonds is 8. The lowest BCUT2D eigenvalue weighted by Gasteiger charge is -2.33. The van der Waals surface area contributed by atoms with E-state index in [0.29, 0.717) is 17.9 Å². The fraction of sp³-hybridized carbons (Fsp3) is 0.346. The second-order valence-electron chi connectivity index (χ2n) is 8.20. The molecular formula is C26H30O4. The van der Waals surface area contributed by atoms with Gasteiger partial charge in [-0.15, -0.1) is 0 Å². The Morgan fingerprint density at radius 2 is 1.93 bits per heavy atom. The highest BCUT2D eigenvalue weighted by Gasteiger charge is 2.31. The lowest BCUT2D eigenvalue weighted by atomic mass is 9.89. The number of carboxylic acid groups (broad SMARTS) is 1. The molecule has 0 bridgehead atoms. The van der Waals surface area contributed by atoms with E-state index in [1.165, 1.54) is 12.7 Å². The molecule has 1 aliphatic heterocycles. The predicted molar refractivity (Wildman–Crippen MR) is 121 cm³/mol. The van der Waals surface area contributed by atoms with Crippen LogP contribution in [0.25, 0.3) is 6.08 Å². The molecule has 1 aliphatic rings. The summed E-state index contributed by atoms with van der Waals surface area (Å²) < 4.78 is 11.8. The number of aryl methyl sites for hydroxylation is 1. The number of carboxylic acids is 1. The van der Waals surface area contributed by atoms with Crippen molar-refractivity contribution in [3.63, 3.8) is 0 Å². The Kier molecular flexibility index (Phi) is 6.66. The fourth-order valence-electron chi connectivity index (χ4n) is 3.86. The Hall–Kier alpha value is -3.01. The van der Waals surface area contributed by atoms with Gasteiger partial charge >= 0.3 is 5.97 Å². The van der Waals surface area contributed by atoms with E-state index in [1.54, 1.807) is 6.07 Å². The van der Waals surface area contributed by atoms with E-state index in [4.69, 9.17) is 9.47 Å². The molecule has 0 aliphatic carbocycles. The standard InChI is InChI=1S/C26H30O4/c1-18(2)9-8-15-26(3)16-14-20-21(13-12-19-10-6-5-7-11-19)24(25(27)28)23(29-4)17-22(20)30-26/h5-7,9-11,14,16-17H,8,12-13,15H2,1-4H3,(H,27,28). The number of hydrogen-bond donors (Lipinski definition) is 1. The van der Waals surface area contributed by atoms with Crippen LogP contribution in [0.1, 0.15) is 60.7 Å². The van der Waals surface area contributed by atoms with Crippen LogP contribution in [0.4, 0.5) is 0 Å². The molecule has 1 atom stereocenters. The molecule has 1 heterocycles. The van der Waals surface area contributed by atoms with Crippen molar-refractivity contribution in [1.82, 2.24) is 0 Å². The molecule has 0 amide bonds. The predicted octanol–water partition coefficient (Wildman–Crippen LogP) is 6.09. The van der Waals surface area contributed by atoms with Crippen LogP contribution in [0.2, 0.25) is 0 Å². The molecule has 0 saturated heterocycles. The molecule has 0 radical (unpaired) electrons. The van der Waals surface area contributed by atoms with Crippen molar-refractivity contribution < 1.29 is 19.4 Å². The number of benzene rings is 2.